The summed E-state index contributed by atoms with van der Waals surface area (Å²) in [5, 5.41) is 12.1. The van der Waals surface area contributed by atoms with Gasteiger partial charge in [0.15, 0.2) is 5.11 Å². The van der Waals surface area contributed by atoms with Gasteiger partial charge in [-0.1, -0.05) is 29.8 Å². The molecule has 0 aliphatic rings. The molecule has 0 saturated heterocycles. The average Bonchev–Trinajstić information content (AvgIpc) is 2.75. The van der Waals surface area contributed by atoms with Gasteiger partial charge in [-0.2, -0.15) is 5.10 Å². The Morgan fingerprint density at radius 3 is 2.68 bits per heavy atom. The summed E-state index contributed by atoms with van der Waals surface area (Å²) in [6.45, 7) is 8.96. The van der Waals surface area contributed by atoms with E-state index in [4.69, 9.17) is 23.8 Å². The number of hydrogen-bond donors (Lipinski definition) is 2. The summed E-state index contributed by atoms with van der Waals surface area (Å²) in [6.07, 6.45) is 1.76. The normalized spacial score (nSPS) is 10.3. The maximum absolute atomic E-state index is 5.91. The number of hydrogen-bond acceptors (Lipinski definition) is 2. The molecular weight excluding hydrogens is 316 g/mol. The number of benzene rings is 1. The zero-order valence-electron chi connectivity index (χ0n) is 12.7. The van der Waals surface area contributed by atoms with Crippen LogP contribution in [0.5, 0.6) is 0 Å². The Morgan fingerprint density at radius 2 is 2.05 bits per heavy atom. The second kappa shape index (κ2) is 7.42. The first-order chi connectivity index (χ1) is 10.5. The van der Waals surface area contributed by atoms with E-state index < -0.39 is 0 Å². The minimum Gasteiger partial charge on any atom is -0.359 e. The van der Waals surface area contributed by atoms with E-state index in [2.05, 4.69) is 22.3 Å². The SMILES string of the molecule is C=CCNC(=S)Nc1c(C)nn(Cc2ccc(Cl)cc2)c1C. The molecule has 1 aromatic carbocycles. The van der Waals surface area contributed by atoms with E-state index in [9.17, 15) is 0 Å². The van der Waals surface area contributed by atoms with Crippen LogP contribution in [0, 0.1) is 13.8 Å². The first kappa shape index (κ1) is 16.5. The molecule has 2 aromatic rings. The maximum atomic E-state index is 5.91. The number of nitrogens with one attached hydrogen (secondary N) is 2. The Morgan fingerprint density at radius 1 is 1.36 bits per heavy atom. The zero-order chi connectivity index (χ0) is 16.1. The Bertz CT molecular complexity index is 676. The van der Waals surface area contributed by atoms with Gasteiger partial charge in [-0.25, -0.2) is 0 Å². The van der Waals surface area contributed by atoms with Gasteiger partial charge < -0.3 is 10.6 Å². The van der Waals surface area contributed by atoms with E-state index in [-0.39, 0.29) is 0 Å². The standard InChI is InChI=1S/C16H19ClN4S/c1-4-9-18-16(22)19-15-11(2)20-21(12(15)3)10-13-5-7-14(17)8-6-13/h4-8H,1,9-10H2,2-3H3,(H2,18,19,22). The lowest BCUT2D eigenvalue weighted by Crippen LogP contribution is -2.28. The maximum Gasteiger partial charge on any atom is 0.171 e. The van der Waals surface area contributed by atoms with E-state index in [0.717, 1.165) is 27.7 Å². The largest absolute Gasteiger partial charge is 0.359 e. The minimum absolute atomic E-state index is 0.567. The molecule has 2 N–H and O–H groups in total. The molecule has 4 nitrogen and oxygen atoms in total. The van der Waals surface area contributed by atoms with Gasteiger partial charge in [0.2, 0.25) is 0 Å². The van der Waals surface area contributed by atoms with Crippen LogP contribution in [0.1, 0.15) is 17.0 Å². The fraction of sp³-hybridized carbons (Fsp3) is 0.250. The monoisotopic (exact) mass is 334 g/mol. The fourth-order valence-corrected chi connectivity index (χ4v) is 2.43. The summed E-state index contributed by atoms with van der Waals surface area (Å²) in [4.78, 5) is 0. The minimum atomic E-state index is 0.567. The molecule has 0 fully saturated rings. The summed E-state index contributed by atoms with van der Waals surface area (Å²) < 4.78 is 1.96. The molecule has 0 amide bonds. The van der Waals surface area contributed by atoms with Gasteiger partial charge in [0.05, 0.1) is 23.6 Å². The van der Waals surface area contributed by atoms with Gasteiger partial charge in [-0.05, 0) is 43.8 Å². The second-order valence-electron chi connectivity index (χ2n) is 4.95. The Kier molecular flexibility index (Phi) is 5.57. The lowest BCUT2D eigenvalue weighted by molar-refractivity contribution is 0.659. The smallest absolute Gasteiger partial charge is 0.171 e. The van der Waals surface area contributed by atoms with Crippen LogP contribution in [0.25, 0.3) is 0 Å². The summed E-state index contributed by atoms with van der Waals surface area (Å²) in [5.41, 5.74) is 4.04. The van der Waals surface area contributed by atoms with E-state index in [0.29, 0.717) is 18.2 Å². The highest BCUT2D eigenvalue weighted by Crippen LogP contribution is 2.20. The van der Waals surface area contributed by atoms with Crippen molar-refractivity contribution in [3.05, 3.63) is 58.9 Å². The molecule has 1 heterocycles. The van der Waals surface area contributed by atoms with Crippen molar-refractivity contribution in [2.75, 3.05) is 11.9 Å². The molecule has 0 bridgehead atoms. The van der Waals surface area contributed by atoms with Crippen LogP contribution in [0.2, 0.25) is 5.02 Å². The Balaban J connectivity index is 2.14. The molecule has 1 aromatic heterocycles. The first-order valence-electron chi connectivity index (χ1n) is 6.95. The van der Waals surface area contributed by atoms with Gasteiger partial charge in [0, 0.05) is 11.6 Å². The van der Waals surface area contributed by atoms with Crippen LogP contribution < -0.4 is 10.6 Å². The van der Waals surface area contributed by atoms with Crippen molar-refractivity contribution in [1.82, 2.24) is 15.1 Å². The lowest BCUT2D eigenvalue weighted by atomic mass is 10.2. The Labute approximate surface area is 141 Å². The summed E-state index contributed by atoms with van der Waals surface area (Å²) in [6, 6.07) is 7.77. The quantitative estimate of drug-likeness (QED) is 0.646. The second-order valence-corrected chi connectivity index (χ2v) is 5.80. The van der Waals surface area contributed by atoms with Crippen LogP contribution in [-0.4, -0.2) is 21.4 Å². The van der Waals surface area contributed by atoms with Gasteiger partial charge in [-0.3, -0.25) is 4.68 Å². The third kappa shape index (κ3) is 4.08. The number of aryl methyl sites for hydroxylation is 1. The van der Waals surface area contributed by atoms with Crippen molar-refractivity contribution in [2.24, 2.45) is 0 Å². The van der Waals surface area contributed by atoms with Crippen molar-refractivity contribution >= 4 is 34.6 Å². The van der Waals surface area contributed by atoms with Crippen LogP contribution in [0.3, 0.4) is 0 Å². The van der Waals surface area contributed by atoms with Crippen molar-refractivity contribution < 1.29 is 0 Å². The predicted octanol–water partition coefficient (Wildman–Crippen LogP) is 3.67. The first-order valence-corrected chi connectivity index (χ1v) is 7.74. The van der Waals surface area contributed by atoms with E-state index in [1.807, 2.05) is 42.8 Å². The van der Waals surface area contributed by atoms with E-state index in [1.165, 1.54) is 0 Å². The Hall–Kier alpha value is -1.85. The van der Waals surface area contributed by atoms with Crippen LogP contribution in [0.4, 0.5) is 5.69 Å². The highest BCUT2D eigenvalue weighted by molar-refractivity contribution is 7.80. The number of rotatable bonds is 5. The topological polar surface area (TPSA) is 41.9 Å². The van der Waals surface area contributed by atoms with E-state index >= 15 is 0 Å². The summed E-state index contributed by atoms with van der Waals surface area (Å²) in [5.74, 6) is 0. The third-order valence-corrected chi connectivity index (χ3v) is 3.77. The van der Waals surface area contributed by atoms with E-state index in [1.54, 1.807) is 6.08 Å². The molecule has 0 atom stereocenters. The molecule has 2 rings (SSSR count). The molecule has 0 radical (unpaired) electrons. The molecule has 22 heavy (non-hydrogen) atoms. The predicted molar refractivity (Wildman–Crippen MR) is 96.7 cm³/mol. The zero-order valence-corrected chi connectivity index (χ0v) is 14.3. The van der Waals surface area contributed by atoms with Crippen molar-refractivity contribution in [2.45, 2.75) is 20.4 Å². The van der Waals surface area contributed by atoms with Crippen LogP contribution in [0.15, 0.2) is 36.9 Å². The molecule has 0 spiro atoms. The average molecular weight is 335 g/mol. The highest BCUT2D eigenvalue weighted by Gasteiger charge is 2.12. The molecule has 0 saturated carbocycles. The number of nitrogens with zero attached hydrogens (tertiary/aromatic N) is 2. The summed E-state index contributed by atoms with van der Waals surface area (Å²) >= 11 is 11.2. The molecule has 6 heteroatoms. The van der Waals surface area contributed by atoms with Crippen LogP contribution >= 0.6 is 23.8 Å². The van der Waals surface area contributed by atoms with Gasteiger partial charge in [0.25, 0.3) is 0 Å². The molecule has 0 aliphatic carbocycles. The van der Waals surface area contributed by atoms with Gasteiger partial charge >= 0.3 is 0 Å². The van der Waals surface area contributed by atoms with Gasteiger partial charge in [-0.15, -0.1) is 6.58 Å². The number of halogens is 1. The number of thiocarbonyl (C=S) groups is 1. The van der Waals surface area contributed by atoms with Gasteiger partial charge in [0.1, 0.15) is 0 Å². The molecular formula is C16H19ClN4S. The van der Waals surface area contributed by atoms with Crippen molar-refractivity contribution in [1.29, 1.82) is 0 Å². The summed E-state index contributed by atoms with van der Waals surface area (Å²) in [7, 11) is 0. The van der Waals surface area contributed by atoms with Crippen LogP contribution in [-0.2, 0) is 6.54 Å². The molecule has 116 valence electrons. The molecule has 0 aliphatic heterocycles. The van der Waals surface area contributed by atoms with Crippen molar-refractivity contribution in [3.8, 4) is 0 Å². The lowest BCUT2D eigenvalue weighted by Gasteiger charge is -2.10. The number of anilines is 1. The van der Waals surface area contributed by atoms with Crippen molar-refractivity contribution in [3.63, 3.8) is 0 Å². The number of aromatic nitrogens is 2. The third-order valence-electron chi connectivity index (χ3n) is 3.27. The molecule has 0 unspecified atom stereocenters. The fourth-order valence-electron chi connectivity index (χ4n) is 2.12. The highest BCUT2D eigenvalue weighted by atomic mass is 35.5.